The van der Waals surface area contributed by atoms with Crippen LogP contribution in [0.1, 0.15) is 33.1 Å². The maximum atomic E-state index is 11.9. The van der Waals surface area contributed by atoms with E-state index in [1.807, 2.05) is 6.92 Å². The Labute approximate surface area is 119 Å². The van der Waals surface area contributed by atoms with Crippen LogP contribution in [0.15, 0.2) is 0 Å². The highest BCUT2D eigenvalue weighted by atomic mass is 32.2. The van der Waals surface area contributed by atoms with Gasteiger partial charge in [0.15, 0.2) is 0 Å². The van der Waals surface area contributed by atoms with E-state index in [0.717, 1.165) is 25.8 Å². The fourth-order valence-corrected chi connectivity index (χ4v) is 3.34. The van der Waals surface area contributed by atoms with Gasteiger partial charge in [0.25, 0.3) is 0 Å². The van der Waals surface area contributed by atoms with E-state index in [1.165, 1.54) is 11.8 Å². The van der Waals surface area contributed by atoms with E-state index in [0.29, 0.717) is 24.0 Å². The van der Waals surface area contributed by atoms with Crippen LogP contribution >= 0.6 is 11.8 Å². The normalized spacial score (nSPS) is 17.8. The average Bonchev–Trinajstić information content (AvgIpc) is 3.18. The Bertz CT molecular complexity index is 321. The predicted molar refractivity (Wildman–Crippen MR) is 79.0 cm³/mol. The first-order valence-electron chi connectivity index (χ1n) is 6.96. The lowest BCUT2D eigenvalue weighted by atomic mass is 9.94. The third-order valence-electron chi connectivity index (χ3n) is 3.34. The standard InChI is InChI=1S/C13H25N3O2S/c1-3-7-16-13(12(14)18,10-5-6-10)9-19-8-11(17)15-4-2/h10,16H,3-9H2,1-2H3,(H2,14,18)(H,15,17). The molecule has 110 valence electrons. The molecule has 1 aliphatic rings. The van der Waals surface area contributed by atoms with Gasteiger partial charge in [-0.1, -0.05) is 6.92 Å². The van der Waals surface area contributed by atoms with Crippen molar-refractivity contribution in [3.05, 3.63) is 0 Å². The molecule has 0 spiro atoms. The van der Waals surface area contributed by atoms with E-state index in [1.54, 1.807) is 0 Å². The summed E-state index contributed by atoms with van der Waals surface area (Å²) in [4.78, 5) is 23.3. The number of nitrogens with one attached hydrogen (secondary N) is 2. The number of rotatable bonds is 10. The summed E-state index contributed by atoms with van der Waals surface area (Å²) < 4.78 is 0. The minimum atomic E-state index is -0.632. The molecule has 0 heterocycles. The van der Waals surface area contributed by atoms with Crippen LogP contribution in [0.4, 0.5) is 0 Å². The van der Waals surface area contributed by atoms with Crippen molar-refractivity contribution in [3.63, 3.8) is 0 Å². The first-order chi connectivity index (χ1) is 9.06. The lowest BCUT2D eigenvalue weighted by molar-refractivity contribution is -0.124. The summed E-state index contributed by atoms with van der Waals surface area (Å²) in [7, 11) is 0. The Morgan fingerprint density at radius 3 is 2.53 bits per heavy atom. The Morgan fingerprint density at radius 2 is 2.05 bits per heavy atom. The van der Waals surface area contributed by atoms with Crippen molar-refractivity contribution in [2.45, 2.75) is 38.6 Å². The molecule has 1 atom stereocenters. The Hall–Kier alpha value is -0.750. The van der Waals surface area contributed by atoms with Crippen molar-refractivity contribution >= 4 is 23.6 Å². The average molecular weight is 287 g/mol. The highest BCUT2D eigenvalue weighted by Crippen LogP contribution is 2.41. The van der Waals surface area contributed by atoms with E-state index in [-0.39, 0.29) is 11.8 Å². The first-order valence-corrected chi connectivity index (χ1v) is 8.11. The molecule has 1 fully saturated rings. The van der Waals surface area contributed by atoms with Gasteiger partial charge >= 0.3 is 0 Å². The predicted octanol–water partition coefficient (Wildman–Crippen LogP) is 0.489. The van der Waals surface area contributed by atoms with Crippen LogP contribution in [0, 0.1) is 5.92 Å². The molecule has 1 saturated carbocycles. The van der Waals surface area contributed by atoms with Crippen LogP contribution in [-0.2, 0) is 9.59 Å². The Balaban J connectivity index is 2.53. The maximum Gasteiger partial charge on any atom is 0.238 e. The number of amides is 2. The van der Waals surface area contributed by atoms with Gasteiger partial charge in [0.2, 0.25) is 11.8 Å². The molecule has 5 nitrogen and oxygen atoms in total. The Morgan fingerprint density at radius 1 is 1.37 bits per heavy atom. The number of nitrogens with two attached hydrogens (primary N) is 1. The molecule has 0 aromatic heterocycles. The van der Waals surface area contributed by atoms with Gasteiger partial charge in [0.05, 0.1) is 5.75 Å². The third kappa shape index (κ3) is 4.69. The summed E-state index contributed by atoms with van der Waals surface area (Å²) in [5.41, 5.74) is 4.98. The molecule has 2 amide bonds. The lowest BCUT2D eigenvalue weighted by Gasteiger charge is -2.31. The van der Waals surface area contributed by atoms with E-state index in [2.05, 4.69) is 17.6 Å². The summed E-state index contributed by atoms with van der Waals surface area (Å²) in [6.07, 6.45) is 3.05. The van der Waals surface area contributed by atoms with Gasteiger partial charge in [-0.2, -0.15) is 0 Å². The summed E-state index contributed by atoms with van der Waals surface area (Å²) in [6, 6.07) is 0. The van der Waals surface area contributed by atoms with Crippen molar-refractivity contribution in [3.8, 4) is 0 Å². The molecule has 0 saturated heterocycles. The molecule has 6 heteroatoms. The van der Waals surface area contributed by atoms with Crippen LogP contribution in [0.5, 0.6) is 0 Å². The van der Waals surface area contributed by atoms with E-state index >= 15 is 0 Å². The smallest absolute Gasteiger partial charge is 0.238 e. The quantitative estimate of drug-likeness (QED) is 0.546. The maximum absolute atomic E-state index is 11.9. The molecule has 0 radical (unpaired) electrons. The topological polar surface area (TPSA) is 84.2 Å². The van der Waals surface area contributed by atoms with Crippen molar-refractivity contribution in [1.82, 2.24) is 10.6 Å². The SMILES string of the molecule is CCCNC(CSCC(=O)NCC)(C(N)=O)C1CC1. The molecule has 0 aromatic rings. The molecule has 0 bridgehead atoms. The summed E-state index contributed by atoms with van der Waals surface area (Å²) in [6.45, 7) is 5.37. The second-order valence-corrected chi connectivity index (χ2v) is 5.97. The van der Waals surface area contributed by atoms with Gasteiger partial charge in [-0.25, -0.2) is 0 Å². The second-order valence-electron chi connectivity index (χ2n) is 4.98. The van der Waals surface area contributed by atoms with Crippen molar-refractivity contribution < 1.29 is 9.59 Å². The monoisotopic (exact) mass is 287 g/mol. The summed E-state index contributed by atoms with van der Waals surface area (Å²) >= 11 is 1.48. The number of primary amides is 1. The fraction of sp³-hybridized carbons (Fsp3) is 0.846. The number of hydrogen-bond acceptors (Lipinski definition) is 4. The third-order valence-corrected chi connectivity index (χ3v) is 4.47. The molecule has 1 rings (SSSR count). The molecule has 1 unspecified atom stereocenters. The summed E-state index contributed by atoms with van der Waals surface area (Å²) in [5, 5.41) is 6.08. The first kappa shape index (κ1) is 16.3. The van der Waals surface area contributed by atoms with Gasteiger partial charge in [0, 0.05) is 12.3 Å². The zero-order valence-corrected chi connectivity index (χ0v) is 12.6. The van der Waals surface area contributed by atoms with Crippen molar-refractivity contribution in [2.75, 3.05) is 24.6 Å². The van der Waals surface area contributed by atoms with Gasteiger partial charge in [-0.15, -0.1) is 11.8 Å². The minimum absolute atomic E-state index is 0.0113. The second kappa shape index (κ2) is 7.75. The fourth-order valence-electron chi connectivity index (χ4n) is 2.15. The van der Waals surface area contributed by atoms with Crippen LogP contribution in [0.2, 0.25) is 0 Å². The number of thioether (sulfide) groups is 1. The molecule has 19 heavy (non-hydrogen) atoms. The Kier molecular flexibility index (Phi) is 6.65. The van der Waals surface area contributed by atoms with E-state index in [4.69, 9.17) is 5.73 Å². The van der Waals surface area contributed by atoms with Crippen LogP contribution < -0.4 is 16.4 Å². The zero-order valence-electron chi connectivity index (χ0n) is 11.8. The van der Waals surface area contributed by atoms with Gasteiger partial charge < -0.3 is 16.4 Å². The molecule has 0 aliphatic heterocycles. The van der Waals surface area contributed by atoms with Gasteiger partial charge in [0.1, 0.15) is 5.54 Å². The van der Waals surface area contributed by atoms with Gasteiger partial charge in [-0.05, 0) is 38.6 Å². The summed E-state index contributed by atoms with van der Waals surface area (Å²) in [5.74, 6) is 1.01. The van der Waals surface area contributed by atoms with Crippen molar-refractivity contribution in [1.29, 1.82) is 0 Å². The molecular formula is C13H25N3O2S. The van der Waals surface area contributed by atoms with Gasteiger partial charge in [-0.3, -0.25) is 9.59 Å². The highest BCUT2D eigenvalue weighted by molar-refractivity contribution is 8.00. The van der Waals surface area contributed by atoms with E-state index in [9.17, 15) is 9.59 Å². The molecular weight excluding hydrogens is 262 g/mol. The van der Waals surface area contributed by atoms with Crippen LogP contribution in [0.3, 0.4) is 0 Å². The molecule has 0 aromatic carbocycles. The number of carbonyl (C=O) groups is 2. The van der Waals surface area contributed by atoms with E-state index < -0.39 is 5.54 Å². The van der Waals surface area contributed by atoms with Crippen molar-refractivity contribution in [2.24, 2.45) is 11.7 Å². The minimum Gasteiger partial charge on any atom is -0.368 e. The molecule has 1 aliphatic carbocycles. The molecule has 4 N–H and O–H groups in total. The number of carbonyl (C=O) groups excluding carboxylic acids is 2. The largest absolute Gasteiger partial charge is 0.368 e. The lowest BCUT2D eigenvalue weighted by Crippen LogP contribution is -2.59. The van der Waals surface area contributed by atoms with Crippen LogP contribution in [0.25, 0.3) is 0 Å². The number of hydrogen-bond donors (Lipinski definition) is 3. The highest BCUT2D eigenvalue weighted by Gasteiger charge is 2.49. The zero-order chi connectivity index (χ0) is 14.3. The van der Waals surface area contributed by atoms with Crippen LogP contribution in [-0.4, -0.2) is 41.9 Å².